The van der Waals surface area contributed by atoms with Gasteiger partial charge in [0, 0.05) is 24.3 Å². The molecule has 4 nitrogen and oxygen atoms in total. The molecule has 0 aliphatic carbocycles. The van der Waals surface area contributed by atoms with Crippen LogP contribution in [0.25, 0.3) is 0 Å². The van der Waals surface area contributed by atoms with Gasteiger partial charge in [-0.2, -0.15) is 0 Å². The Kier molecular flexibility index (Phi) is 5.02. The standard InChI is InChI=1S/C19H18Cl2N2O2/c1-11-4-3-5-12(2)18(11)23-10-13(8-17(23)24)19(25)22-14-6-7-15(20)16(21)9-14/h3-7,9,13H,8,10H2,1-2H3,(H,22,25). The second kappa shape index (κ2) is 7.06. The van der Waals surface area contributed by atoms with Crippen LogP contribution in [0.4, 0.5) is 11.4 Å². The van der Waals surface area contributed by atoms with Gasteiger partial charge in [-0.25, -0.2) is 0 Å². The minimum Gasteiger partial charge on any atom is -0.326 e. The largest absolute Gasteiger partial charge is 0.326 e. The van der Waals surface area contributed by atoms with Crippen LogP contribution in [0, 0.1) is 19.8 Å². The molecule has 2 aromatic carbocycles. The number of carbonyl (C=O) groups is 2. The van der Waals surface area contributed by atoms with Crippen molar-refractivity contribution in [3.05, 3.63) is 57.6 Å². The minimum atomic E-state index is -0.402. The van der Waals surface area contributed by atoms with Gasteiger partial charge in [-0.05, 0) is 43.2 Å². The van der Waals surface area contributed by atoms with E-state index < -0.39 is 5.92 Å². The van der Waals surface area contributed by atoms with E-state index in [1.54, 1.807) is 23.1 Å². The van der Waals surface area contributed by atoms with Crippen LogP contribution in [-0.2, 0) is 9.59 Å². The molecular formula is C19H18Cl2N2O2. The molecule has 2 amide bonds. The summed E-state index contributed by atoms with van der Waals surface area (Å²) in [6.07, 6.45) is 0.195. The van der Waals surface area contributed by atoms with Crippen molar-refractivity contribution >= 4 is 46.4 Å². The normalized spacial score (nSPS) is 17.0. The van der Waals surface area contributed by atoms with Crippen molar-refractivity contribution in [2.24, 2.45) is 5.92 Å². The predicted octanol–water partition coefficient (Wildman–Crippen LogP) is 4.60. The maximum Gasteiger partial charge on any atom is 0.229 e. The molecule has 1 aliphatic rings. The van der Waals surface area contributed by atoms with Crippen LogP contribution in [0.1, 0.15) is 17.5 Å². The van der Waals surface area contributed by atoms with Gasteiger partial charge in [-0.15, -0.1) is 0 Å². The molecule has 130 valence electrons. The second-order valence-electron chi connectivity index (χ2n) is 6.26. The lowest BCUT2D eigenvalue weighted by Gasteiger charge is -2.21. The molecule has 1 saturated heterocycles. The van der Waals surface area contributed by atoms with E-state index in [-0.39, 0.29) is 18.2 Å². The van der Waals surface area contributed by atoms with E-state index in [1.165, 1.54) is 0 Å². The summed E-state index contributed by atoms with van der Waals surface area (Å²) < 4.78 is 0. The number of benzene rings is 2. The molecule has 3 rings (SSSR count). The number of anilines is 2. The molecule has 1 aliphatic heterocycles. The van der Waals surface area contributed by atoms with Crippen molar-refractivity contribution in [2.45, 2.75) is 20.3 Å². The Balaban J connectivity index is 1.75. The van der Waals surface area contributed by atoms with Gasteiger partial charge in [0.2, 0.25) is 11.8 Å². The van der Waals surface area contributed by atoms with E-state index in [9.17, 15) is 9.59 Å². The zero-order chi connectivity index (χ0) is 18.1. The molecule has 2 aromatic rings. The fourth-order valence-electron chi connectivity index (χ4n) is 3.15. The van der Waals surface area contributed by atoms with E-state index in [4.69, 9.17) is 23.2 Å². The van der Waals surface area contributed by atoms with Crippen LogP contribution in [0.5, 0.6) is 0 Å². The number of para-hydroxylation sites is 1. The van der Waals surface area contributed by atoms with Crippen LogP contribution < -0.4 is 10.2 Å². The van der Waals surface area contributed by atoms with Crippen molar-refractivity contribution in [1.82, 2.24) is 0 Å². The third-order valence-corrected chi connectivity index (χ3v) is 5.13. The van der Waals surface area contributed by atoms with Gasteiger partial charge in [0.15, 0.2) is 0 Å². The molecule has 0 saturated carbocycles. The van der Waals surface area contributed by atoms with Crippen LogP contribution in [0.2, 0.25) is 10.0 Å². The van der Waals surface area contributed by atoms with Crippen molar-refractivity contribution in [2.75, 3.05) is 16.8 Å². The molecule has 0 aromatic heterocycles. The maximum absolute atomic E-state index is 12.5. The van der Waals surface area contributed by atoms with Crippen molar-refractivity contribution in [1.29, 1.82) is 0 Å². The highest BCUT2D eigenvalue weighted by atomic mass is 35.5. The molecule has 1 fully saturated rings. The first kappa shape index (κ1) is 17.8. The third-order valence-electron chi connectivity index (χ3n) is 4.39. The number of amides is 2. The molecule has 1 atom stereocenters. The molecule has 0 radical (unpaired) electrons. The first-order valence-corrected chi connectivity index (χ1v) is 8.75. The van der Waals surface area contributed by atoms with Gasteiger partial charge in [-0.3, -0.25) is 9.59 Å². The lowest BCUT2D eigenvalue weighted by molar-refractivity contribution is -0.122. The van der Waals surface area contributed by atoms with Gasteiger partial charge in [0.1, 0.15) is 0 Å². The summed E-state index contributed by atoms with van der Waals surface area (Å²) >= 11 is 11.9. The number of rotatable bonds is 3. The summed E-state index contributed by atoms with van der Waals surface area (Å²) in [5.41, 5.74) is 3.52. The van der Waals surface area contributed by atoms with Crippen molar-refractivity contribution < 1.29 is 9.59 Å². The molecule has 6 heteroatoms. The Morgan fingerprint density at radius 2 is 1.80 bits per heavy atom. The van der Waals surface area contributed by atoms with Gasteiger partial charge < -0.3 is 10.2 Å². The lowest BCUT2D eigenvalue weighted by atomic mass is 10.1. The molecule has 1 unspecified atom stereocenters. The zero-order valence-electron chi connectivity index (χ0n) is 14.0. The van der Waals surface area contributed by atoms with Gasteiger partial charge >= 0.3 is 0 Å². The molecule has 25 heavy (non-hydrogen) atoms. The molecular weight excluding hydrogens is 359 g/mol. The molecule has 0 spiro atoms. The lowest BCUT2D eigenvalue weighted by Crippen LogP contribution is -2.29. The Labute approximate surface area is 156 Å². The van der Waals surface area contributed by atoms with Gasteiger partial charge in [-0.1, -0.05) is 41.4 Å². The number of hydrogen-bond donors (Lipinski definition) is 1. The van der Waals surface area contributed by atoms with Crippen molar-refractivity contribution in [3.8, 4) is 0 Å². The summed E-state index contributed by atoms with van der Waals surface area (Å²) in [5, 5.41) is 3.61. The highest BCUT2D eigenvalue weighted by Crippen LogP contribution is 2.31. The number of hydrogen-bond acceptors (Lipinski definition) is 2. The van der Waals surface area contributed by atoms with Gasteiger partial charge in [0.25, 0.3) is 0 Å². The number of aryl methyl sites for hydroxylation is 2. The topological polar surface area (TPSA) is 49.4 Å². The molecule has 0 bridgehead atoms. The van der Waals surface area contributed by atoms with Crippen molar-refractivity contribution in [3.63, 3.8) is 0 Å². The smallest absolute Gasteiger partial charge is 0.229 e. The first-order valence-electron chi connectivity index (χ1n) is 7.99. The van der Waals surface area contributed by atoms with Crippen LogP contribution in [0.3, 0.4) is 0 Å². The predicted molar refractivity (Wildman–Crippen MR) is 101 cm³/mol. The SMILES string of the molecule is Cc1cccc(C)c1N1CC(C(=O)Nc2ccc(Cl)c(Cl)c2)CC1=O. The molecule has 1 heterocycles. The Hall–Kier alpha value is -2.04. The van der Waals surface area contributed by atoms with E-state index in [1.807, 2.05) is 32.0 Å². The zero-order valence-corrected chi connectivity index (χ0v) is 15.5. The van der Waals surface area contributed by atoms with E-state index >= 15 is 0 Å². The summed E-state index contributed by atoms with van der Waals surface area (Å²) in [6, 6.07) is 10.8. The van der Waals surface area contributed by atoms with Crippen LogP contribution >= 0.6 is 23.2 Å². The average molecular weight is 377 g/mol. The first-order chi connectivity index (χ1) is 11.9. The minimum absolute atomic E-state index is 0.0355. The Morgan fingerprint density at radius 1 is 1.12 bits per heavy atom. The van der Waals surface area contributed by atoms with Crippen LogP contribution in [0.15, 0.2) is 36.4 Å². The maximum atomic E-state index is 12.5. The summed E-state index contributed by atoms with van der Waals surface area (Å²) in [5.74, 6) is -0.631. The summed E-state index contributed by atoms with van der Waals surface area (Å²) in [4.78, 5) is 26.7. The average Bonchev–Trinajstić information content (AvgIpc) is 2.93. The van der Waals surface area contributed by atoms with E-state index in [2.05, 4.69) is 5.32 Å². The monoisotopic (exact) mass is 376 g/mol. The number of halogens is 2. The van der Waals surface area contributed by atoms with Gasteiger partial charge in [0.05, 0.1) is 16.0 Å². The number of carbonyl (C=O) groups excluding carboxylic acids is 2. The quantitative estimate of drug-likeness (QED) is 0.850. The van der Waals surface area contributed by atoms with E-state index in [0.29, 0.717) is 22.3 Å². The summed E-state index contributed by atoms with van der Waals surface area (Å²) in [7, 11) is 0. The van der Waals surface area contributed by atoms with E-state index in [0.717, 1.165) is 16.8 Å². The molecule has 1 N–H and O–H groups in total. The number of nitrogens with zero attached hydrogens (tertiary/aromatic N) is 1. The fourth-order valence-corrected chi connectivity index (χ4v) is 3.45. The number of nitrogens with one attached hydrogen (secondary N) is 1. The van der Waals surface area contributed by atoms with Crippen LogP contribution in [-0.4, -0.2) is 18.4 Å². The second-order valence-corrected chi connectivity index (χ2v) is 7.08. The third kappa shape index (κ3) is 3.65. The summed E-state index contributed by atoms with van der Waals surface area (Å²) in [6.45, 7) is 4.31. The highest BCUT2D eigenvalue weighted by Gasteiger charge is 2.36. The highest BCUT2D eigenvalue weighted by molar-refractivity contribution is 6.42. The Bertz CT molecular complexity index is 831. The Morgan fingerprint density at radius 3 is 2.44 bits per heavy atom. The fraction of sp³-hybridized carbons (Fsp3) is 0.263.